The minimum absolute atomic E-state index is 0.0204. The van der Waals surface area contributed by atoms with Gasteiger partial charge in [-0.1, -0.05) is 63.4 Å². The monoisotopic (exact) mass is 338 g/mol. The van der Waals surface area contributed by atoms with Crippen molar-refractivity contribution in [1.82, 2.24) is 4.98 Å². The lowest BCUT2D eigenvalue weighted by atomic mass is 9.78. The molecule has 0 fully saturated rings. The predicted molar refractivity (Wildman–Crippen MR) is 105 cm³/mol. The zero-order valence-electron chi connectivity index (χ0n) is 16.0. The van der Waals surface area contributed by atoms with E-state index in [1.54, 1.807) is 0 Å². The number of oxime groups is 1. The van der Waals surface area contributed by atoms with Gasteiger partial charge < -0.3 is 4.84 Å². The van der Waals surface area contributed by atoms with Gasteiger partial charge in [-0.25, -0.2) is 0 Å². The fraction of sp³-hybridized carbons (Fsp3) is 0.545. The molecular weight excluding hydrogens is 308 g/mol. The van der Waals surface area contributed by atoms with Crippen LogP contribution in [0.4, 0.5) is 0 Å². The molecule has 0 saturated heterocycles. The highest BCUT2D eigenvalue weighted by molar-refractivity contribution is 5.90. The van der Waals surface area contributed by atoms with E-state index in [4.69, 9.17) is 9.82 Å². The van der Waals surface area contributed by atoms with Crippen molar-refractivity contribution in [3.05, 3.63) is 41.6 Å². The summed E-state index contributed by atoms with van der Waals surface area (Å²) in [6, 6.07) is 10.5. The largest absolute Gasteiger partial charge is 0.391 e. The molecule has 0 amide bonds. The van der Waals surface area contributed by atoms with Crippen molar-refractivity contribution in [2.75, 3.05) is 0 Å². The number of unbranched alkanes of at least 4 members (excludes halogenated alkanes) is 3. The Balaban J connectivity index is 1.69. The molecule has 0 saturated carbocycles. The van der Waals surface area contributed by atoms with Gasteiger partial charge in [0.05, 0.1) is 11.2 Å². The SMILES string of the molecule is CCCCCCC1=NOC(Cc2cc(C)c3ccccc3n2)C1(C)C. The number of hydrogen-bond acceptors (Lipinski definition) is 3. The smallest absolute Gasteiger partial charge is 0.143 e. The Hall–Kier alpha value is -1.90. The molecule has 0 spiro atoms. The fourth-order valence-electron chi connectivity index (χ4n) is 3.66. The maximum Gasteiger partial charge on any atom is 0.143 e. The number of nitrogens with zero attached hydrogens (tertiary/aromatic N) is 2. The highest BCUT2D eigenvalue weighted by Gasteiger charge is 2.41. The summed E-state index contributed by atoms with van der Waals surface area (Å²) in [6.45, 7) is 8.92. The molecule has 1 unspecified atom stereocenters. The van der Waals surface area contributed by atoms with Crippen molar-refractivity contribution >= 4 is 16.6 Å². The molecule has 1 aromatic heterocycles. The van der Waals surface area contributed by atoms with Crippen LogP contribution in [0, 0.1) is 12.3 Å². The van der Waals surface area contributed by atoms with Crippen LogP contribution in [-0.2, 0) is 11.3 Å². The predicted octanol–water partition coefficient (Wildman–Crippen LogP) is 5.84. The van der Waals surface area contributed by atoms with Gasteiger partial charge in [0.1, 0.15) is 6.10 Å². The summed E-state index contributed by atoms with van der Waals surface area (Å²) >= 11 is 0. The summed E-state index contributed by atoms with van der Waals surface area (Å²) in [5, 5.41) is 5.66. The summed E-state index contributed by atoms with van der Waals surface area (Å²) in [4.78, 5) is 10.7. The Morgan fingerprint density at radius 1 is 1.12 bits per heavy atom. The molecule has 2 aromatic rings. The van der Waals surface area contributed by atoms with Crippen LogP contribution in [0.3, 0.4) is 0 Å². The number of pyridine rings is 1. The fourth-order valence-corrected chi connectivity index (χ4v) is 3.66. The summed E-state index contributed by atoms with van der Waals surface area (Å²) in [5.41, 5.74) is 4.63. The quantitative estimate of drug-likeness (QED) is 0.595. The molecule has 3 heteroatoms. The average Bonchev–Trinajstić information content (AvgIpc) is 2.86. The molecule has 0 N–H and O–H groups in total. The average molecular weight is 338 g/mol. The minimum atomic E-state index is -0.0204. The molecular formula is C22H30N2O. The van der Waals surface area contributed by atoms with Crippen LogP contribution < -0.4 is 0 Å². The van der Waals surface area contributed by atoms with E-state index in [-0.39, 0.29) is 11.5 Å². The summed E-state index contributed by atoms with van der Waals surface area (Å²) < 4.78 is 0. The van der Waals surface area contributed by atoms with Crippen molar-refractivity contribution in [2.24, 2.45) is 10.6 Å². The van der Waals surface area contributed by atoms with Crippen LogP contribution in [0.1, 0.15) is 64.1 Å². The van der Waals surface area contributed by atoms with E-state index in [1.807, 2.05) is 6.07 Å². The highest BCUT2D eigenvalue weighted by Crippen LogP contribution is 2.36. The molecule has 3 nitrogen and oxygen atoms in total. The third-order valence-electron chi connectivity index (χ3n) is 5.48. The molecule has 1 aromatic carbocycles. The van der Waals surface area contributed by atoms with E-state index >= 15 is 0 Å². The van der Waals surface area contributed by atoms with E-state index in [1.165, 1.54) is 42.3 Å². The molecule has 25 heavy (non-hydrogen) atoms. The van der Waals surface area contributed by atoms with Crippen LogP contribution in [0.15, 0.2) is 35.5 Å². The van der Waals surface area contributed by atoms with E-state index < -0.39 is 0 Å². The lowest BCUT2D eigenvalue weighted by Gasteiger charge is -2.26. The van der Waals surface area contributed by atoms with Crippen molar-refractivity contribution in [3.8, 4) is 0 Å². The van der Waals surface area contributed by atoms with Gasteiger partial charge in [-0.2, -0.15) is 0 Å². The zero-order chi connectivity index (χ0) is 17.9. The number of hydrogen-bond donors (Lipinski definition) is 0. The first-order valence-electron chi connectivity index (χ1n) is 9.60. The molecule has 1 aliphatic heterocycles. The van der Waals surface area contributed by atoms with Crippen LogP contribution >= 0.6 is 0 Å². The molecule has 1 atom stereocenters. The first-order chi connectivity index (χ1) is 12.0. The molecule has 0 aliphatic carbocycles. The van der Waals surface area contributed by atoms with Crippen LogP contribution in [-0.4, -0.2) is 16.8 Å². The van der Waals surface area contributed by atoms with Gasteiger partial charge in [-0.3, -0.25) is 4.98 Å². The van der Waals surface area contributed by atoms with Crippen LogP contribution in [0.5, 0.6) is 0 Å². The summed E-state index contributed by atoms with van der Waals surface area (Å²) in [7, 11) is 0. The topological polar surface area (TPSA) is 34.5 Å². The minimum Gasteiger partial charge on any atom is -0.391 e. The number of para-hydroxylation sites is 1. The maximum atomic E-state index is 5.84. The third-order valence-corrected chi connectivity index (χ3v) is 5.48. The van der Waals surface area contributed by atoms with Gasteiger partial charge >= 0.3 is 0 Å². The van der Waals surface area contributed by atoms with Gasteiger partial charge in [0.2, 0.25) is 0 Å². The maximum absolute atomic E-state index is 5.84. The number of fused-ring (bicyclic) bond motifs is 1. The van der Waals surface area contributed by atoms with Crippen LogP contribution in [0.2, 0.25) is 0 Å². The lowest BCUT2D eigenvalue weighted by molar-refractivity contribution is 0.0364. The van der Waals surface area contributed by atoms with Crippen molar-refractivity contribution in [1.29, 1.82) is 0 Å². The Bertz CT molecular complexity index is 764. The number of rotatable bonds is 7. The van der Waals surface area contributed by atoms with E-state index in [0.717, 1.165) is 24.1 Å². The van der Waals surface area contributed by atoms with Gasteiger partial charge in [0, 0.05) is 22.9 Å². The number of aromatic nitrogens is 1. The molecule has 3 rings (SSSR count). The molecule has 0 radical (unpaired) electrons. The van der Waals surface area contributed by atoms with Crippen molar-refractivity contribution in [2.45, 2.75) is 72.3 Å². The second-order valence-corrected chi connectivity index (χ2v) is 7.82. The molecule has 0 bridgehead atoms. The first-order valence-corrected chi connectivity index (χ1v) is 9.60. The Morgan fingerprint density at radius 2 is 1.92 bits per heavy atom. The normalized spacial score (nSPS) is 19.0. The standard InChI is InChI=1S/C22H30N2O/c1-5-6-7-8-13-20-22(3,4)21(25-24-20)15-17-14-16(2)18-11-9-10-12-19(18)23-17/h9-12,14,21H,5-8,13,15H2,1-4H3. The van der Waals surface area contributed by atoms with E-state index in [2.05, 4.69) is 57.1 Å². The third kappa shape index (κ3) is 3.86. The molecule has 2 heterocycles. The molecule has 134 valence electrons. The second kappa shape index (κ2) is 7.55. The molecule has 1 aliphatic rings. The number of aryl methyl sites for hydroxylation is 1. The number of benzene rings is 1. The van der Waals surface area contributed by atoms with Crippen molar-refractivity contribution < 1.29 is 4.84 Å². The first kappa shape index (κ1) is 17.9. The summed E-state index contributed by atoms with van der Waals surface area (Å²) in [6.07, 6.45) is 6.98. The summed E-state index contributed by atoms with van der Waals surface area (Å²) in [5.74, 6) is 0. The Labute approximate surface area is 151 Å². The van der Waals surface area contributed by atoms with E-state index in [9.17, 15) is 0 Å². The zero-order valence-corrected chi connectivity index (χ0v) is 16.0. The van der Waals surface area contributed by atoms with Gasteiger partial charge in [0.15, 0.2) is 0 Å². The van der Waals surface area contributed by atoms with Gasteiger partial charge in [-0.05, 0) is 37.5 Å². The highest BCUT2D eigenvalue weighted by atomic mass is 16.6. The van der Waals surface area contributed by atoms with Gasteiger partial charge in [0.25, 0.3) is 0 Å². The van der Waals surface area contributed by atoms with Crippen molar-refractivity contribution in [3.63, 3.8) is 0 Å². The second-order valence-electron chi connectivity index (χ2n) is 7.82. The Morgan fingerprint density at radius 3 is 2.72 bits per heavy atom. The Kier molecular flexibility index (Phi) is 5.41. The van der Waals surface area contributed by atoms with Crippen LogP contribution in [0.25, 0.3) is 10.9 Å². The van der Waals surface area contributed by atoms with E-state index in [0.29, 0.717) is 0 Å². The van der Waals surface area contributed by atoms with Gasteiger partial charge in [-0.15, -0.1) is 0 Å². The lowest BCUT2D eigenvalue weighted by Crippen LogP contribution is -2.34.